The van der Waals surface area contributed by atoms with E-state index in [4.69, 9.17) is 11.5 Å². The van der Waals surface area contributed by atoms with Gasteiger partial charge in [0, 0.05) is 13.1 Å². The van der Waals surface area contributed by atoms with E-state index in [9.17, 15) is 18.8 Å². The van der Waals surface area contributed by atoms with Gasteiger partial charge in [0.25, 0.3) is 11.8 Å². The van der Waals surface area contributed by atoms with Crippen LogP contribution in [0.1, 0.15) is 44.6 Å². The molecule has 0 aliphatic carbocycles. The highest BCUT2D eigenvalue weighted by atomic mass is 32.1. The highest BCUT2D eigenvalue weighted by molar-refractivity contribution is 7.09. The number of hydrogen-bond acceptors (Lipinski definition) is 6. The minimum Gasteiger partial charge on any atom is -0.395 e. The van der Waals surface area contributed by atoms with Crippen molar-refractivity contribution in [2.24, 2.45) is 5.73 Å². The van der Waals surface area contributed by atoms with Crippen LogP contribution in [0, 0.1) is 5.82 Å². The van der Waals surface area contributed by atoms with Gasteiger partial charge in [0.2, 0.25) is 5.91 Å². The number of nitrogens with one attached hydrogen (secondary N) is 1. The van der Waals surface area contributed by atoms with E-state index >= 15 is 0 Å². The number of benzene rings is 2. The molecule has 0 saturated heterocycles. The quantitative estimate of drug-likeness (QED) is 0.408. The third-order valence-electron chi connectivity index (χ3n) is 5.35. The number of aromatic nitrogens is 1. The van der Waals surface area contributed by atoms with Crippen LogP contribution < -0.4 is 16.8 Å². The first-order valence-corrected chi connectivity index (χ1v) is 11.5. The Kier molecular flexibility index (Phi) is 8.31. The highest BCUT2D eigenvalue weighted by Crippen LogP contribution is 2.25. The number of nitrogens with two attached hydrogens (primary N) is 2. The summed E-state index contributed by atoms with van der Waals surface area (Å²) in [5, 5.41) is 2.82. The fraction of sp³-hybridized carbons (Fsp3) is 0.250. The molecule has 0 unspecified atom stereocenters. The summed E-state index contributed by atoms with van der Waals surface area (Å²) in [5.74, 6) is -2.04. The monoisotopic (exact) mass is 483 g/mol. The summed E-state index contributed by atoms with van der Waals surface area (Å²) in [4.78, 5) is 39.6. The molecule has 3 rings (SSSR count). The number of carbonyl (C=O) groups excluding carboxylic acids is 3. The van der Waals surface area contributed by atoms with Crippen LogP contribution in [0.25, 0.3) is 0 Å². The number of halogens is 1. The van der Waals surface area contributed by atoms with Gasteiger partial charge in [-0.1, -0.05) is 49.4 Å². The Morgan fingerprint density at radius 3 is 2.35 bits per heavy atom. The molecule has 0 aliphatic heterocycles. The second-order valence-electron chi connectivity index (χ2n) is 7.64. The van der Waals surface area contributed by atoms with Crippen LogP contribution in [0.5, 0.6) is 0 Å². The zero-order chi connectivity index (χ0) is 24.7. The van der Waals surface area contributed by atoms with E-state index in [1.807, 2.05) is 30.3 Å². The average Bonchev–Trinajstić information content (AvgIpc) is 3.23. The Labute approximate surface area is 200 Å². The Morgan fingerprint density at radius 1 is 1.09 bits per heavy atom. The van der Waals surface area contributed by atoms with Crippen LogP contribution in [0.3, 0.4) is 0 Å². The van der Waals surface area contributed by atoms with E-state index < -0.39 is 17.9 Å². The molecule has 10 heteroatoms. The van der Waals surface area contributed by atoms with Gasteiger partial charge >= 0.3 is 0 Å². The predicted molar refractivity (Wildman–Crippen MR) is 129 cm³/mol. The summed E-state index contributed by atoms with van der Waals surface area (Å²) >= 11 is 0.780. The molecule has 8 nitrogen and oxygen atoms in total. The van der Waals surface area contributed by atoms with Crippen LogP contribution in [-0.2, 0) is 17.8 Å². The molecule has 0 bridgehead atoms. The van der Waals surface area contributed by atoms with E-state index in [2.05, 4.69) is 9.69 Å². The minimum atomic E-state index is -0.826. The number of amides is 3. The Morgan fingerprint density at radius 2 is 1.76 bits per heavy atom. The van der Waals surface area contributed by atoms with Gasteiger partial charge in [-0.25, -0.2) is 4.39 Å². The van der Waals surface area contributed by atoms with E-state index in [1.165, 1.54) is 17.0 Å². The van der Waals surface area contributed by atoms with Crippen molar-refractivity contribution >= 4 is 34.9 Å². The van der Waals surface area contributed by atoms with Crippen molar-refractivity contribution in [1.29, 1.82) is 0 Å². The summed E-state index contributed by atoms with van der Waals surface area (Å²) in [6, 6.07) is 14.6. The summed E-state index contributed by atoms with van der Waals surface area (Å²) in [7, 11) is 0. The van der Waals surface area contributed by atoms with Crippen LogP contribution in [0.2, 0.25) is 0 Å². The number of rotatable bonds is 10. The van der Waals surface area contributed by atoms with E-state index in [0.29, 0.717) is 12.8 Å². The van der Waals surface area contributed by atoms with E-state index in [1.54, 1.807) is 19.1 Å². The molecule has 3 amide bonds. The summed E-state index contributed by atoms with van der Waals surface area (Å²) < 4.78 is 17.1. The molecule has 0 fully saturated rings. The Hall–Kier alpha value is -3.79. The first kappa shape index (κ1) is 24.8. The first-order chi connectivity index (χ1) is 16.3. The second kappa shape index (κ2) is 11.4. The van der Waals surface area contributed by atoms with Gasteiger partial charge in [-0.3, -0.25) is 14.4 Å². The third kappa shape index (κ3) is 5.96. The van der Waals surface area contributed by atoms with Crippen molar-refractivity contribution in [2.75, 3.05) is 12.3 Å². The zero-order valence-corrected chi connectivity index (χ0v) is 19.5. The van der Waals surface area contributed by atoms with Crippen molar-refractivity contribution in [3.05, 3.63) is 82.1 Å². The van der Waals surface area contributed by atoms with Crippen molar-refractivity contribution in [3.63, 3.8) is 0 Å². The highest BCUT2D eigenvalue weighted by Gasteiger charge is 2.32. The molecule has 1 heterocycles. The number of nitrogen functional groups attached to an aromatic ring is 1. The molecule has 0 spiro atoms. The fourth-order valence-corrected chi connectivity index (χ4v) is 4.27. The summed E-state index contributed by atoms with van der Waals surface area (Å²) in [6.07, 6.45) is 0.854. The van der Waals surface area contributed by atoms with Crippen molar-refractivity contribution < 1.29 is 18.8 Å². The summed E-state index contributed by atoms with van der Waals surface area (Å²) in [6.45, 7) is 2.23. The van der Waals surface area contributed by atoms with Crippen LogP contribution in [-0.4, -0.2) is 39.6 Å². The largest absolute Gasteiger partial charge is 0.395 e. The zero-order valence-electron chi connectivity index (χ0n) is 18.7. The van der Waals surface area contributed by atoms with Crippen molar-refractivity contribution in [2.45, 2.75) is 32.4 Å². The lowest BCUT2D eigenvalue weighted by Crippen LogP contribution is -2.50. The standard InChI is InChI=1S/C24H26FN5O3S/c1-2-18(23(32)28-14-16-8-10-17(25)11-9-16)30(13-12-15-6-4-3-5-7-15)24(33)21-19(26)20(22(27)31)29-34-21/h3-11,18H,2,12-14,26H2,1H3,(H2,27,31)(H,28,32)/t18-/m1/s1. The van der Waals surface area contributed by atoms with E-state index in [0.717, 1.165) is 22.7 Å². The number of anilines is 1. The SMILES string of the molecule is CC[C@H](C(=O)NCc1ccc(F)cc1)N(CCc1ccccc1)C(=O)c1snc(C(N)=O)c1N. The molecule has 1 atom stereocenters. The molecular weight excluding hydrogens is 457 g/mol. The van der Waals surface area contributed by atoms with Gasteiger partial charge in [-0.2, -0.15) is 4.37 Å². The molecule has 2 aromatic carbocycles. The fourth-order valence-electron chi connectivity index (χ4n) is 3.51. The number of nitrogens with zero attached hydrogens (tertiary/aromatic N) is 2. The van der Waals surface area contributed by atoms with Gasteiger partial charge in [0.05, 0.1) is 5.69 Å². The Balaban J connectivity index is 1.83. The average molecular weight is 484 g/mol. The summed E-state index contributed by atoms with van der Waals surface area (Å²) in [5.41, 5.74) is 12.7. The van der Waals surface area contributed by atoms with Gasteiger partial charge < -0.3 is 21.7 Å². The predicted octanol–water partition coefficient (Wildman–Crippen LogP) is 2.74. The number of carbonyl (C=O) groups is 3. The maximum Gasteiger partial charge on any atom is 0.270 e. The van der Waals surface area contributed by atoms with Crippen molar-refractivity contribution in [3.8, 4) is 0 Å². The van der Waals surface area contributed by atoms with Crippen LogP contribution in [0.4, 0.5) is 10.1 Å². The molecule has 0 radical (unpaired) electrons. The number of hydrogen-bond donors (Lipinski definition) is 3. The molecule has 0 aliphatic rings. The molecular formula is C24H26FN5O3S. The van der Waals surface area contributed by atoms with Crippen molar-refractivity contribution in [1.82, 2.24) is 14.6 Å². The maximum absolute atomic E-state index is 13.5. The van der Waals surface area contributed by atoms with Crippen LogP contribution >= 0.6 is 11.5 Å². The Bertz CT molecular complexity index is 1150. The maximum atomic E-state index is 13.5. The van der Waals surface area contributed by atoms with E-state index in [-0.39, 0.29) is 41.1 Å². The van der Waals surface area contributed by atoms with Gasteiger partial charge in [0.1, 0.15) is 16.7 Å². The lowest BCUT2D eigenvalue weighted by atomic mass is 10.1. The normalized spacial score (nSPS) is 11.6. The second-order valence-corrected chi connectivity index (χ2v) is 8.41. The molecule has 3 aromatic rings. The third-order valence-corrected chi connectivity index (χ3v) is 6.20. The molecule has 5 N–H and O–H groups in total. The van der Waals surface area contributed by atoms with Gasteiger partial charge in [-0.05, 0) is 47.6 Å². The molecule has 34 heavy (non-hydrogen) atoms. The molecule has 1 aromatic heterocycles. The van der Waals surface area contributed by atoms with Crippen LogP contribution in [0.15, 0.2) is 54.6 Å². The first-order valence-electron chi connectivity index (χ1n) is 10.7. The number of primary amides is 1. The topological polar surface area (TPSA) is 131 Å². The molecule has 0 saturated carbocycles. The van der Waals surface area contributed by atoms with Gasteiger partial charge in [-0.15, -0.1) is 0 Å². The van der Waals surface area contributed by atoms with Gasteiger partial charge in [0.15, 0.2) is 5.69 Å². The lowest BCUT2D eigenvalue weighted by Gasteiger charge is -2.30. The minimum absolute atomic E-state index is 0.0617. The lowest BCUT2D eigenvalue weighted by molar-refractivity contribution is -0.126. The molecule has 178 valence electrons. The smallest absolute Gasteiger partial charge is 0.270 e.